The van der Waals surface area contributed by atoms with Crippen LogP contribution in [0, 0.1) is 0 Å². The van der Waals surface area contributed by atoms with Crippen molar-refractivity contribution >= 4 is 17.9 Å². The second-order valence-corrected chi connectivity index (χ2v) is 17.8. The van der Waals surface area contributed by atoms with E-state index in [4.69, 9.17) is 14.2 Å². The van der Waals surface area contributed by atoms with Gasteiger partial charge in [-0.25, -0.2) is 0 Å². The van der Waals surface area contributed by atoms with Gasteiger partial charge in [-0.1, -0.05) is 234 Å². The van der Waals surface area contributed by atoms with Crippen LogP contribution in [0.25, 0.3) is 0 Å². The summed E-state index contributed by atoms with van der Waals surface area (Å²) >= 11 is 0. The van der Waals surface area contributed by atoms with E-state index < -0.39 is 6.10 Å². The summed E-state index contributed by atoms with van der Waals surface area (Å²) in [5.74, 6) is -1.01. The molecule has 66 heavy (non-hydrogen) atoms. The summed E-state index contributed by atoms with van der Waals surface area (Å²) in [6.07, 6.45) is 71.1. The molecule has 0 aliphatic heterocycles. The first-order chi connectivity index (χ1) is 32.5. The van der Waals surface area contributed by atoms with Crippen LogP contribution in [0.3, 0.4) is 0 Å². The standard InChI is InChI=1S/C60H100O6/c1-4-7-10-13-16-19-22-25-27-29-30-31-33-35-38-41-44-47-50-53-59(62)65-56-57(55-64-58(61)52-49-46-43-40-37-34-24-21-18-15-12-9-6-3)66-60(63)54-51-48-45-42-39-36-32-28-26-23-20-17-14-11-8-5-2/h7,10,16,19-20,23,25,27-28,30-32,35,38,44,47,57H,4-6,8-9,11-15,17-18,21-22,24,26,29,33-34,36-37,39-43,45-46,48-56H2,1-3H3/b10-7-,19-16-,23-20-,27-25-,31-30-,32-28-,38-35-,47-44-. The molecule has 0 rings (SSSR count). The van der Waals surface area contributed by atoms with Crippen molar-refractivity contribution in [2.24, 2.45) is 0 Å². The van der Waals surface area contributed by atoms with E-state index in [1.54, 1.807) is 0 Å². The zero-order valence-corrected chi connectivity index (χ0v) is 42.9. The van der Waals surface area contributed by atoms with Crippen LogP contribution >= 0.6 is 0 Å². The van der Waals surface area contributed by atoms with E-state index in [9.17, 15) is 14.4 Å². The van der Waals surface area contributed by atoms with Crippen LogP contribution in [-0.4, -0.2) is 37.2 Å². The minimum Gasteiger partial charge on any atom is -0.462 e. The Hall–Kier alpha value is -3.67. The third kappa shape index (κ3) is 51.3. The lowest BCUT2D eigenvalue weighted by Gasteiger charge is -2.18. The summed E-state index contributed by atoms with van der Waals surface area (Å²) in [4.78, 5) is 38.0. The van der Waals surface area contributed by atoms with Gasteiger partial charge in [-0.3, -0.25) is 14.4 Å². The maximum atomic E-state index is 12.8. The number of hydrogen-bond acceptors (Lipinski definition) is 6. The molecular formula is C60H100O6. The predicted octanol–water partition coefficient (Wildman–Crippen LogP) is 18.1. The first-order valence-corrected chi connectivity index (χ1v) is 27.2. The normalized spacial score (nSPS) is 12.8. The van der Waals surface area contributed by atoms with Gasteiger partial charge >= 0.3 is 17.9 Å². The molecule has 0 aliphatic carbocycles. The number of carbonyl (C=O) groups is 3. The highest BCUT2D eigenvalue weighted by Gasteiger charge is 2.19. The SMILES string of the molecule is CC/C=C\C/C=C\C/C=C\C/C=C\C/C=C\C/C=C\CCC(=O)OCC(COC(=O)CCCCCCCCCCCCCCC)OC(=O)CCCCCCC/C=C\C/C=C\CCCCCC. The monoisotopic (exact) mass is 917 g/mol. The van der Waals surface area contributed by atoms with Crippen molar-refractivity contribution in [2.75, 3.05) is 13.2 Å². The Balaban J connectivity index is 4.52. The molecule has 0 amide bonds. The molecule has 0 aromatic heterocycles. The molecule has 0 aromatic rings. The summed E-state index contributed by atoms with van der Waals surface area (Å²) in [5, 5.41) is 0. The molecule has 1 unspecified atom stereocenters. The molecule has 6 nitrogen and oxygen atoms in total. The number of hydrogen-bond donors (Lipinski definition) is 0. The van der Waals surface area contributed by atoms with Crippen LogP contribution < -0.4 is 0 Å². The summed E-state index contributed by atoms with van der Waals surface area (Å²) in [6, 6.07) is 0. The number of rotatable bonds is 48. The molecule has 0 N–H and O–H groups in total. The Labute approximate surface area is 407 Å². The maximum absolute atomic E-state index is 12.8. The molecule has 0 aliphatic rings. The van der Waals surface area contributed by atoms with Crippen LogP contribution in [0.5, 0.6) is 0 Å². The third-order valence-electron chi connectivity index (χ3n) is 11.3. The van der Waals surface area contributed by atoms with Gasteiger partial charge in [-0.2, -0.15) is 0 Å². The quantitative estimate of drug-likeness (QED) is 0.0262. The van der Waals surface area contributed by atoms with Gasteiger partial charge in [0.05, 0.1) is 0 Å². The van der Waals surface area contributed by atoms with Gasteiger partial charge in [0.1, 0.15) is 13.2 Å². The van der Waals surface area contributed by atoms with Gasteiger partial charge in [0.15, 0.2) is 6.10 Å². The molecule has 0 radical (unpaired) electrons. The molecule has 0 saturated carbocycles. The van der Waals surface area contributed by atoms with E-state index in [1.807, 2.05) is 6.08 Å². The summed E-state index contributed by atoms with van der Waals surface area (Å²) in [7, 11) is 0. The Morgan fingerprint density at radius 1 is 0.318 bits per heavy atom. The van der Waals surface area contributed by atoms with Crippen molar-refractivity contribution in [3.8, 4) is 0 Å². The molecule has 0 heterocycles. The van der Waals surface area contributed by atoms with Crippen LogP contribution in [-0.2, 0) is 28.6 Å². The lowest BCUT2D eigenvalue weighted by molar-refractivity contribution is -0.166. The second kappa shape index (κ2) is 53.9. The van der Waals surface area contributed by atoms with Crippen LogP contribution in [0.4, 0.5) is 0 Å². The molecule has 0 saturated heterocycles. The van der Waals surface area contributed by atoms with Gasteiger partial charge in [0, 0.05) is 19.3 Å². The van der Waals surface area contributed by atoms with Gasteiger partial charge in [-0.05, 0) is 89.9 Å². The maximum Gasteiger partial charge on any atom is 0.306 e. The van der Waals surface area contributed by atoms with Crippen molar-refractivity contribution in [3.63, 3.8) is 0 Å². The van der Waals surface area contributed by atoms with Crippen molar-refractivity contribution in [1.29, 1.82) is 0 Å². The third-order valence-corrected chi connectivity index (χ3v) is 11.3. The van der Waals surface area contributed by atoms with Gasteiger partial charge in [-0.15, -0.1) is 0 Å². The Morgan fingerprint density at radius 3 is 1.03 bits per heavy atom. The van der Waals surface area contributed by atoms with E-state index >= 15 is 0 Å². The molecular weight excluding hydrogens is 817 g/mol. The van der Waals surface area contributed by atoms with E-state index in [1.165, 1.54) is 96.3 Å². The molecule has 0 bridgehead atoms. The number of ether oxygens (including phenoxy) is 3. The molecule has 0 spiro atoms. The summed E-state index contributed by atoms with van der Waals surface area (Å²) < 4.78 is 16.7. The van der Waals surface area contributed by atoms with Crippen molar-refractivity contribution in [1.82, 2.24) is 0 Å². The summed E-state index contributed by atoms with van der Waals surface area (Å²) in [6.45, 7) is 6.43. The Morgan fingerprint density at radius 2 is 0.621 bits per heavy atom. The van der Waals surface area contributed by atoms with E-state index in [2.05, 4.69) is 112 Å². The minimum atomic E-state index is -0.814. The van der Waals surface area contributed by atoms with Crippen molar-refractivity contribution in [2.45, 2.75) is 252 Å². The number of carbonyl (C=O) groups excluding carboxylic acids is 3. The minimum absolute atomic E-state index is 0.105. The van der Waals surface area contributed by atoms with Crippen LogP contribution in [0.15, 0.2) is 97.2 Å². The smallest absolute Gasteiger partial charge is 0.306 e. The van der Waals surface area contributed by atoms with Gasteiger partial charge in [0.2, 0.25) is 0 Å². The van der Waals surface area contributed by atoms with Crippen LogP contribution in [0.1, 0.15) is 245 Å². The average Bonchev–Trinajstić information content (AvgIpc) is 3.31. The highest BCUT2D eigenvalue weighted by molar-refractivity contribution is 5.71. The fourth-order valence-electron chi connectivity index (χ4n) is 7.26. The predicted molar refractivity (Wildman–Crippen MR) is 284 cm³/mol. The number of esters is 3. The zero-order valence-electron chi connectivity index (χ0n) is 42.9. The molecule has 0 aromatic carbocycles. The Kier molecular flexibility index (Phi) is 50.9. The molecule has 376 valence electrons. The fourth-order valence-corrected chi connectivity index (χ4v) is 7.26. The van der Waals surface area contributed by atoms with E-state index in [-0.39, 0.29) is 37.5 Å². The highest BCUT2D eigenvalue weighted by Crippen LogP contribution is 2.14. The van der Waals surface area contributed by atoms with Gasteiger partial charge in [0.25, 0.3) is 0 Å². The molecule has 0 fully saturated rings. The lowest BCUT2D eigenvalue weighted by Crippen LogP contribution is -2.30. The average molecular weight is 917 g/mol. The first kappa shape index (κ1) is 62.3. The summed E-state index contributed by atoms with van der Waals surface area (Å²) in [5.41, 5.74) is 0. The molecule has 1 atom stereocenters. The fraction of sp³-hybridized carbons (Fsp3) is 0.683. The highest BCUT2D eigenvalue weighted by atomic mass is 16.6. The number of unbranched alkanes of at least 4 members (excludes halogenated alkanes) is 21. The van der Waals surface area contributed by atoms with Crippen molar-refractivity contribution < 1.29 is 28.6 Å². The van der Waals surface area contributed by atoms with E-state index in [0.29, 0.717) is 19.3 Å². The van der Waals surface area contributed by atoms with Crippen molar-refractivity contribution in [3.05, 3.63) is 97.2 Å². The number of allylic oxidation sites excluding steroid dienone is 16. The van der Waals surface area contributed by atoms with E-state index in [0.717, 1.165) is 103 Å². The Bertz CT molecular complexity index is 1330. The van der Waals surface area contributed by atoms with Gasteiger partial charge < -0.3 is 14.2 Å². The largest absolute Gasteiger partial charge is 0.462 e. The lowest BCUT2D eigenvalue weighted by atomic mass is 10.0. The first-order valence-electron chi connectivity index (χ1n) is 27.2. The topological polar surface area (TPSA) is 78.9 Å². The second-order valence-electron chi connectivity index (χ2n) is 17.8. The molecule has 6 heteroatoms. The zero-order chi connectivity index (χ0) is 47.9. The van der Waals surface area contributed by atoms with Crippen LogP contribution in [0.2, 0.25) is 0 Å².